The fraction of sp³-hybridized carbons (Fsp3) is 0.133. The first-order valence-electron chi connectivity index (χ1n) is 5.81. The molecule has 1 N–H and O–H groups in total. The van der Waals surface area contributed by atoms with Gasteiger partial charge < -0.3 is 5.32 Å². The maximum Gasteiger partial charge on any atom is 0.255 e. The monoisotopic (exact) mass is 277 g/mol. The van der Waals surface area contributed by atoms with Crippen LogP contribution in [0.25, 0.3) is 0 Å². The summed E-state index contributed by atoms with van der Waals surface area (Å²) in [5.41, 5.74) is 3.05. The van der Waals surface area contributed by atoms with Crippen LogP contribution >= 0.6 is 11.6 Å². The largest absolute Gasteiger partial charge is 0.322 e. The van der Waals surface area contributed by atoms with Gasteiger partial charge in [0, 0.05) is 11.3 Å². The first-order chi connectivity index (χ1) is 8.97. The molecule has 0 fully saturated rings. The van der Waals surface area contributed by atoms with Gasteiger partial charge in [-0.05, 0) is 43.7 Å². The molecule has 0 atom stereocenters. The van der Waals surface area contributed by atoms with Crippen molar-refractivity contribution in [3.05, 3.63) is 63.9 Å². The second-order valence-electron chi connectivity index (χ2n) is 4.40. The molecule has 2 rings (SSSR count). The zero-order valence-corrected chi connectivity index (χ0v) is 11.4. The summed E-state index contributed by atoms with van der Waals surface area (Å²) in [6.45, 7) is 3.84. The minimum absolute atomic E-state index is 0.0153. The molecule has 2 aromatic carbocycles. The number of rotatable bonds is 2. The van der Waals surface area contributed by atoms with Crippen molar-refractivity contribution in [3.63, 3.8) is 0 Å². The van der Waals surface area contributed by atoms with E-state index < -0.39 is 5.82 Å². The molecule has 0 aliphatic rings. The van der Waals surface area contributed by atoms with Gasteiger partial charge >= 0.3 is 0 Å². The molecule has 0 saturated carbocycles. The number of benzene rings is 2. The number of nitrogens with one attached hydrogen (secondary N) is 1. The standard InChI is InChI=1S/C15H13ClFNO/c1-9-3-5-12(10(2)7-9)15(19)18-11-4-6-14(17)13(16)8-11/h3-8H,1-2H3,(H,18,19). The van der Waals surface area contributed by atoms with E-state index in [-0.39, 0.29) is 10.9 Å². The quantitative estimate of drug-likeness (QED) is 0.869. The maximum atomic E-state index is 13.0. The molecular formula is C15H13ClFNO. The molecule has 0 spiro atoms. The van der Waals surface area contributed by atoms with Crippen molar-refractivity contribution < 1.29 is 9.18 Å². The predicted octanol–water partition coefficient (Wildman–Crippen LogP) is 4.35. The Bertz CT molecular complexity index is 640. The summed E-state index contributed by atoms with van der Waals surface area (Å²) in [4.78, 5) is 12.1. The van der Waals surface area contributed by atoms with Gasteiger partial charge in [0.2, 0.25) is 0 Å². The van der Waals surface area contributed by atoms with Crippen LogP contribution in [0.2, 0.25) is 5.02 Å². The van der Waals surface area contributed by atoms with Gasteiger partial charge in [-0.25, -0.2) is 4.39 Å². The Morgan fingerprint density at radius 1 is 1.16 bits per heavy atom. The van der Waals surface area contributed by atoms with Crippen LogP contribution in [0.1, 0.15) is 21.5 Å². The van der Waals surface area contributed by atoms with E-state index in [1.807, 2.05) is 26.0 Å². The second-order valence-corrected chi connectivity index (χ2v) is 4.81. The fourth-order valence-electron chi connectivity index (χ4n) is 1.84. The minimum Gasteiger partial charge on any atom is -0.322 e. The summed E-state index contributed by atoms with van der Waals surface area (Å²) in [6, 6.07) is 9.66. The van der Waals surface area contributed by atoms with Crippen LogP contribution < -0.4 is 5.32 Å². The first-order valence-corrected chi connectivity index (χ1v) is 6.19. The van der Waals surface area contributed by atoms with Crippen LogP contribution in [0, 0.1) is 19.7 Å². The van der Waals surface area contributed by atoms with Crippen molar-refractivity contribution in [2.45, 2.75) is 13.8 Å². The molecule has 0 bridgehead atoms. The molecule has 1 amide bonds. The van der Waals surface area contributed by atoms with Gasteiger partial charge in [0.05, 0.1) is 5.02 Å². The lowest BCUT2D eigenvalue weighted by Crippen LogP contribution is -2.13. The third-order valence-corrected chi connectivity index (χ3v) is 3.09. The number of carbonyl (C=O) groups excluding carboxylic acids is 1. The molecule has 0 heterocycles. The fourth-order valence-corrected chi connectivity index (χ4v) is 2.02. The van der Waals surface area contributed by atoms with Crippen molar-refractivity contribution in [2.75, 3.05) is 5.32 Å². The molecule has 0 aliphatic carbocycles. The van der Waals surface area contributed by atoms with E-state index in [1.54, 1.807) is 6.07 Å². The van der Waals surface area contributed by atoms with Crippen LogP contribution in [0.5, 0.6) is 0 Å². The number of aryl methyl sites for hydroxylation is 2. The first kappa shape index (κ1) is 13.6. The molecule has 0 saturated heterocycles. The Kier molecular flexibility index (Phi) is 3.86. The van der Waals surface area contributed by atoms with Gasteiger partial charge in [-0.1, -0.05) is 29.3 Å². The smallest absolute Gasteiger partial charge is 0.255 e. The Hall–Kier alpha value is -1.87. The van der Waals surface area contributed by atoms with Crippen molar-refractivity contribution in [2.24, 2.45) is 0 Å². The molecule has 0 aliphatic heterocycles. The molecule has 2 nitrogen and oxygen atoms in total. The lowest BCUT2D eigenvalue weighted by molar-refractivity contribution is 0.102. The summed E-state index contributed by atoms with van der Waals surface area (Å²) in [5.74, 6) is -0.744. The van der Waals surface area contributed by atoms with Gasteiger partial charge in [0.15, 0.2) is 0 Å². The highest BCUT2D eigenvalue weighted by Gasteiger charge is 2.10. The number of halogens is 2. The van der Waals surface area contributed by atoms with E-state index in [0.717, 1.165) is 11.1 Å². The lowest BCUT2D eigenvalue weighted by Gasteiger charge is -2.09. The molecule has 98 valence electrons. The third kappa shape index (κ3) is 3.12. The highest BCUT2D eigenvalue weighted by atomic mass is 35.5. The summed E-state index contributed by atoms with van der Waals surface area (Å²) in [6.07, 6.45) is 0. The number of hydrogen-bond acceptors (Lipinski definition) is 1. The van der Waals surface area contributed by atoms with Crippen LogP contribution in [0.4, 0.5) is 10.1 Å². The summed E-state index contributed by atoms with van der Waals surface area (Å²) in [7, 11) is 0. The highest BCUT2D eigenvalue weighted by molar-refractivity contribution is 6.31. The van der Waals surface area contributed by atoms with E-state index in [1.165, 1.54) is 18.2 Å². The van der Waals surface area contributed by atoms with Crippen molar-refractivity contribution in [1.29, 1.82) is 0 Å². The summed E-state index contributed by atoms with van der Waals surface area (Å²) in [5, 5.41) is 2.68. The SMILES string of the molecule is Cc1ccc(C(=O)Nc2ccc(F)c(Cl)c2)c(C)c1. The van der Waals surface area contributed by atoms with E-state index in [9.17, 15) is 9.18 Å². The minimum atomic E-state index is -0.508. The third-order valence-electron chi connectivity index (χ3n) is 2.80. The molecule has 0 aromatic heterocycles. The zero-order valence-electron chi connectivity index (χ0n) is 10.6. The highest BCUT2D eigenvalue weighted by Crippen LogP contribution is 2.20. The van der Waals surface area contributed by atoms with Gasteiger partial charge in [-0.2, -0.15) is 0 Å². The molecule has 19 heavy (non-hydrogen) atoms. The second kappa shape index (κ2) is 5.41. The number of carbonyl (C=O) groups is 1. The Morgan fingerprint density at radius 2 is 1.89 bits per heavy atom. The Balaban J connectivity index is 2.23. The van der Waals surface area contributed by atoms with Gasteiger partial charge in [0.25, 0.3) is 5.91 Å². The molecule has 0 radical (unpaired) electrons. The normalized spacial score (nSPS) is 10.3. The van der Waals surface area contributed by atoms with Crippen LogP contribution in [0.3, 0.4) is 0 Å². The molecule has 4 heteroatoms. The van der Waals surface area contributed by atoms with Gasteiger partial charge in [0.1, 0.15) is 5.82 Å². The van der Waals surface area contributed by atoms with Gasteiger partial charge in [-0.15, -0.1) is 0 Å². The van der Waals surface area contributed by atoms with Gasteiger partial charge in [-0.3, -0.25) is 4.79 Å². The average Bonchev–Trinajstić information content (AvgIpc) is 2.33. The number of hydrogen-bond donors (Lipinski definition) is 1. The topological polar surface area (TPSA) is 29.1 Å². The van der Waals surface area contributed by atoms with Crippen LogP contribution in [-0.4, -0.2) is 5.91 Å². The lowest BCUT2D eigenvalue weighted by atomic mass is 10.1. The van der Waals surface area contributed by atoms with Crippen LogP contribution in [0.15, 0.2) is 36.4 Å². The summed E-state index contributed by atoms with van der Waals surface area (Å²) >= 11 is 5.67. The molecule has 0 unspecified atom stereocenters. The average molecular weight is 278 g/mol. The van der Waals surface area contributed by atoms with Crippen molar-refractivity contribution in [1.82, 2.24) is 0 Å². The number of amides is 1. The van der Waals surface area contributed by atoms with Crippen LogP contribution in [-0.2, 0) is 0 Å². The number of anilines is 1. The van der Waals surface area contributed by atoms with E-state index in [0.29, 0.717) is 11.3 Å². The van der Waals surface area contributed by atoms with E-state index >= 15 is 0 Å². The Morgan fingerprint density at radius 3 is 2.53 bits per heavy atom. The Labute approximate surface area is 116 Å². The maximum absolute atomic E-state index is 13.0. The van der Waals surface area contributed by atoms with E-state index in [4.69, 9.17) is 11.6 Å². The van der Waals surface area contributed by atoms with Crippen molar-refractivity contribution in [3.8, 4) is 0 Å². The van der Waals surface area contributed by atoms with E-state index in [2.05, 4.69) is 5.32 Å². The zero-order chi connectivity index (χ0) is 14.0. The van der Waals surface area contributed by atoms with Crippen molar-refractivity contribution >= 4 is 23.2 Å². The molecular weight excluding hydrogens is 265 g/mol. The molecule has 2 aromatic rings. The predicted molar refractivity (Wildman–Crippen MR) is 75.3 cm³/mol. The summed E-state index contributed by atoms with van der Waals surface area (Å²) < 4.78 is 13.0.